The summed E-state index contributed by atoms with van der Waals surface area (Å²) in [6.07, 6.45) is 0.688. The van der Waals surface area contributed by atoms with E-state index in [4.69, 9.17) is 0 Å². The van der Waals surface area contributed by atoms with Gasteiger partial charge in [0, 0.05) is 44.2 Å². The monoisotopic (exact) mass is 490 g/mol. The number of anilines is 1. The lowest BCUT2D eigenvalue weighted by atomic mass is 10.0. The number of carbonyl (C=O) groups is 1. The SMILES string of the molecule is CCN(CC)S(=O)(=O)c1ccc2c(c1)nc(CCC(=O)Nc1ccccc1-c1ccccc1)n2C. The molecule has 182 valence electrons. The average Bonchev–Trinajstić information content (AvgIpc) is 3.19. The minimum atomic E-state index is -3.56. The molecule has 0 saturated carbocycles. The molecule has 0 aliphatic carbocycles. The second kappa shape index (κ2) is 10.4. The van der Waals surface area contributed by atoms with Gasteiger partial charge in [-0.15, -0.1) is 0 Å². The minimum Gasteiger partial charge on any atom is -0.331 e. The van der Waals surface area contributed by atoms with Crippen LogP contribution in [0.5, 0.6) is 0 Å². The van der Waals surface area contributed by atoms with Crippen molar-refractivity contribution in [1.82, 2.24) is 13.9 Å². The molecule has 0 radical (unpaired) electrons. The number of nitrogens with zero attached hydrogens (tertiary/aromatic N) is 3. The Bertz CT molecular complexity index is 1440. The lowest BCUT2D eigenvalue weighted by Crippen LogP contribution is -2.30. The van der Waals surface area contributed by atoms with E-state index in [2.05, 4.69) is 10.3 Å². The van der Waals surface area contributed by atoms with Crippen molar-refractivity contribution >= 4 is 32.7 Å². The molecule has 0 atom stereocenters. The highest BCUT2D eigenvalue weighted by Gasteiger charge is 2.23. The molecule has 0 aliphatic heterocycles. The maximum atomic E-state index is 12.9. The highest BCUT2D eigenvalue weighted by atomic mass is 32.2. The summed E-state index contributed by atoms with van der Waals surface area (Å²) in [5.74, 6) is 0.620. The van der Waals surface area contributed by atoms with Crippen LogP contribution in [0.2, 0.25) is 0 Å². The standard InChI is InChI=1S/C27H30N4O3S/c1-4-31(5-2)35(33,34)21-15-16-25-24(19-21)28-26(30(25)3)17-18-27(32)29-23-14-10-9-13-22(23)20-11-7-6-8-12-20/h6-16,19H,4-5,17-18H2,1-3H3,(H,29,32). The first kappa shape index (κ1) is 24.6. The third-order valence-electron chi connectivity index (χ3n) is 6.15. The van der Waals surface area contributed by atoms with Gasteiger partial charge in [0.05, 0.1) is 15.9 Å². The number of fused-ring (bicyclic) bond motifs is 1. The fraction of sp³-hybridized carbons (Fsp3) is 0.259. The molecule has 0 bridgehead atoms. The van der Waals surface area contributed by atoms with E-state index in [0.717, 1.165) is 28.2 Å². The van der Waals surface area contributed by atoms with Crippen molar-refractivity contribution in [2.75, 3.05) is 18.4 Å². The Kier molecular flexibility index (Phi) is 7.33. The van der Waals surface area contributed by atoms with Gasteiger partial charge in [-0.1, -0.05) is 62.4 Å². The normalized spacial score (nSPS) is 11.8. The van der Waals surface area contributed by atoms with Gasteiger partial charge < -0.3 is 9.88 Å². The van der Waals surface area contributed by atoms with Gasteiger partial charge >= 0.3 is 0 Å². The molecule has 1 aromatic heterocycles. The van der Waals surface area contributed by atoms with E-state index < -0.39 is 10.0 Å². The number of sulfonamides is 1. The molecule has 35 heavy (non-hydrogen) atoms. The molecular weight excluding hydrogens is 460 g/mol. The van der Waals surface area contributed by atoms with Gasteiger partial charge in [0.1, 0.15) is 5.82 Å². The van der Waals surface area contributed by atoms with Crippen LogP contribution in [0.15, 0.2) is 77.7 Å². The molecule has 0 aliphatic rings. The van der Waals surface area contributed by atoms with E-state index in [0.29, 0.717) is 25.0 Å². The lowest BCUT2D eigenvalue weighted by molar-refractivity contribution is -0.116. The van der Waals surface area contributed by atoms with Crippen molar-refractivity contribution in [3.63, 3.8) is 0 Å². The summed E-state index contributed by atoms with van der Waals surface area (Å²) in [6.45, 7) is 4.46. The first-order valence-electron chi connectivity index (χ1n) is 11.7. The Labute approximate surface area is 206 Å². The zero-order valence-corrected chi connectivity index (χ0v) is 21.0. The maximum absolute atomic E-state index is 12.9. The van der Waals surface area contributed by atoms with Crippen LogP contribution in [0.3, 0.4) is 0 Å². The van der Waals surface area contributed by atoms with Crippen LogP contribution in [0.25, 0.3) is 22.2 Å². The van der Waals surface area contributed by atoms with E-state index in [1.165, 1.54) is 4.31 Å². The minimum absolute atomic E-state index is 0.106. The highest BCUT2D eigenvalue weighted by Crippen LogP contribution is 2.28. The summed E-state index contributed by atoms with van der Waals surface area (Å²) in [7, 11) is -1.68. The fourth-order valence-electron chi connectivity index (χ4n) is 4.23. The van der Waals surface area contributed by atoms with Crippen molar-refractivity contribution in [1.29, 1.82) is 0 Å². The Morgan fingerprint density at radius 2 is 1.66 bits per heavy atom. The third kappa shape index (κ3) is 5.13. The molecule has 3 aromatic carbocycles. The van der Waals surface area contributed by atoms with Crippen molar-refractivity contribution in [3.05, 3.63) is 78.6 Å². The van der Waals surface area contributed by atoms with Gasteiger partial charge in [-0.3, -0.25) is 4.79 Å². The van der Waals surface area contributed by atoms with E-state index in [-0.39, 0.29) is 17.2 Å². The molecular formula is C27H30N4O3S. The number of benzene rings is 3. The van der Waals surface area contributed by atoms with Gasteiger partial charge in [-0.05, 0) is 29.8 Å². The quantitative estimate of drug-likeness (QED) is 0.364. The van der Waals surface area contributed by atoms with Crippen LogP contribution >= 0.6 is 0 Å². The van der Waals surface area contributed by atoms with Gasteiger partial charge in [0.15, 0.2) is 0 Å². The highest BCUT2D eigenvalue weighted by molar-refractivity contribution is 7.89. The Morgan fingerprint density at radius 3 is 2.37 bits per heavy atom. The van der Waals surface area contributed by atoms with Gasteiger partial charge in [0.25, 0.3) is 0 Å². The molecule has 7 nitrogen and oxygen atoms in total. The first-order valence-corrected chi connectivity index (χ1v) is 13.2. The summed E-state index contributed by atoms with van der Waals surface area (Å²) in [5, 5.41) is 3.03. The molecule has 0 fully saturated rings. The molecule has 1 amide bonds. The zero-order chi connectivity index (χ0) is 25.0. The van der Waals surface area contributed by atoms with E-state index >= 15 is 0 Å². The average molecular weight is 491 g/mol. The molecule has 4 aromatic rings. The number of nitrogens with one attached hydrogen (secondary N) is 1. The number of carbonyl (C=O) groups excluding carboxylic acids is 1. The largest absolute Gasteiger partial charge is 0.331 e. The van der Waals surface area contributed by atoms with Gasteiger partial charge in [-0.25, -0.2) is 13.4 Å². The van der Waals surface area contributed by atoms with E-state index in [1.54, 1.807) is 18.2 Å². The van der Waals surface area contributed by atoms with E-state index in [1.807, 2.05) is 80.1 Å². The van der Waals surface area contributed by atoms with Crippen LogP contribution in [0.4, 0.5) is 5.69 Å². The van der Waals surface area contributed by atoms with Crippen LogP contribution in [0, 0.1) is 0 Å². The van der Waals surface area contributed by atoms with Crippen molar-refractivity contribution in [2.45, 2.75) is 31.6 Å². The van der Waals surface area contributed by atoms with Crippen LogP contribution in [-0.4, -0.2) is 41.3 Å². The van der Waals surface area contributed by atoms with Gasteiger partial charge in [0.2, 0.25) is 15.9 Å². The summed E-state index contributed by atoms with van der Waals surface area (Å²) >= 11 is 0. The smallest absolute Gasteiger partial charge is 0.243 e. The van der Waals surface area contributed by atoms with Crippen molar-refractivity contribution < 1.29 is 13.2 Å². The Hall–Kier alpha value is -3.49. The van der Waals surface area contributed by atoms with Crippen molar-refractivity contribution in [3.8, 4) is 11.1 Å². The van der Waals surface area contributed by atoms with Crippen LogP contribution < -0.4 is 5.32 Å². The summed E-state index contributed by atoms with van der Waals surface area (Å²) in [4.78, 5) is 17.7. The lowest BCUT2D eigenvalue weighted by Gasteiger charge is -2.18. The van der Waals surface area contributed by atoms with E-state index in [9.17, 15) is 13.2 Å². The first-order chi connectivity index (χ1) is 16.8. The number of aromatic nitrogens is 2. The topological polar surface area (TPSA) is 84.3 Å². The number of hydrogen-bond donors (Lipinski definition) is 1. The Morgan fingerprint density at radius 1 is 0.971 bits per heavy atom. The van der Waals surface area contributed by atoms with Crippen LogP contribution in [0.1, 0.15) is 26.1 Å². The maximum Gasteiger partial charge on any atom is 0.243 e. The summed E-state index contributed by atoms with van der Waals surface area (Å²) < 4.78 is 29.1. The number of para-hydroxylation sites is 1. The zero-order valence-electron chi connectivity index (χ0n) is 20.2. The second-order valence-corrected chi connectivity index (χ2v) is 10.2. The second-order valence-electron chi connectivity index (χ2n) is 8.29. The number of rotatable bonds is 9. The number of amides is 1. The number of imidazole rings is 1. The molecule has 0 spiro atoms. The predicted octanol–water partition coefficient (Wildman–Crippen LogP) is 4.84. The van der Waals surface area contributed by atoms with Crippen LogP contribution in [-0.2, 0) is 28.3 Å². The van der Waals surface area contributed by atoms with Crippen molar-refractivity contribution in [2.24, 2.45) is 7.05 Å². The summed E-state index contributed by atoms with van der Waals surface area (Å²) in [6, 6.07) is 22.7. The number of hydrogen-bond acceptors (Lipinski definition) is 4. The number of aryl methyl sites for hydroxylation is 2. The molecule has 0 saturated heterocycles. The van der Waals surface area contributed by atoms with Gasteiger partial charge in [-0.2, -0.15) is 4.31 Å². The molecule has 1 N–H and O–H groups in total. The molecule has 4 rings (SSSR count). The summed E-state index contributed by atoms with van der Waals surface area (Å²) in [5.41, 5.74) is 4.19. The third-order valence-corrected chi connectivity index (χ3v) is 8.20. The predicted molar refractivity (Wildman–Crippen MR) is 140 cm³/mol. The fourth-order valence-corrected chi connectivity index (χ4v) is 5.70. The Balaban J connectivity index is 1.50. The molecule has 1 heterocycles. The molecule has 0 unspecified atom stereocenters. The molecule has 8 heteroatoms.